The summed E-state index contributed by atoms with van der Waals surface area (Å²) in [5.74, 6) is 1.09. The minimum atomic E-state index is -4.35. The highest BCUT2D eigenvalue weighted by atomic mass is 19.4. The molecule has 0 aliphatic heterocycles. The van der Waals surface area contributed by atoms with E-state index in [0.717, 1.165) is 12.1 Å². The molecule has 0 unspecified atom stereocenters. The summed E-state index contributed by atoms with van der Waals surface area (Å²) in [6.45, 7) is 2.39. The fourth-order valence-corrected chi connectivity index (χ4v) is 1.84. The third-order valence-electron chi connectivity index (χ3n) is 2.80. The van der Waals surface area contributed by atoms with Crippen molar-refractivity contribution in [2.45, 2.75) is 19.7 Å². The summed E-state index contributed by atoms with van der Waals surface area (Å²) in [4.78, 5) is 0. The molecule has 2 aromatic carbocycles. The van der Waals surface area contributed by atoms with Crippen LogP contribution in [0.1, 0.15) is 18.1 Å². The largest absolute Gasteiger partial charge is 0.490 e. The van der Waals surface area contributed by atoms with Crippen molar-refractivity contribution in [1.82, 2.24) is 0 Å². The Kier molecular flexibility index (Phi) is 4.73. The lowest BCUT2D eigenvalue weighted by Gasteiger charge is -2.12. The Balaban J connectivity index is 2.10. The molecule has 0 bridgehead atoms. The van der Waals surface area contributed by atoms with Crippen molar-refractivity contribution >= 4 is 0 Å². The molecule has 0 saturated heterocycles. The Morgan fingerprint density at radius 1 is 0.905 bits per heavy atom. The van der Waals surface area contributed by atoms with Crippen molar-refractivity contribution in [3.63, 3.8) is 0 Å². The maximum Gasteiger partial charge on any atom is 0.416 e. The molecule has 0 saturated carbocycles. The lowest BCUT2D eigenvalue weighted by molar-refractivity contribution is -0.137. The topological polar surface area (TPSA) is 18.5 Å². The van der Waals surface area contributed by atoms with Gasteiger partial charge in [-0.3, -0.25) is 0 Å². The highest BCUT2D eigenvalue weighted by Gasteiger charge is 2.30. The van der Waals surface area contributed by atoms with Gasteiger partial charge in [-0.1, -0.05) is 24.3 Å². The standard InChI is InChI=1S/C16H15F3O2/c1-2-20-14-8-3-4-9-15(14)21-11-12-6-5-7-13(10-12)16(17,18)19/h3-10H,2,11H2,1H3. The molecule has 0 atom stereocenters. The number of alkyl halides is 3. The molecule has 0 spiro atoms. The molecule has 0 fully saturated rings. The van der Waals surface area contributed by atoms with Crippen molar-refractivity contribution < 1.29 is 22.6 Å². The number of benzene rings is 2. The summed E-state index contributed by atoms with van der Waals surface area (Å²) in [5.41, 5.74) is -0.224. The zero-order valence-corrected chi connectivity index (χ0v) is 11.5. The lowest BCUT2D eigenvalue weighted by Crippen LogP contribution is -2.06. The van der Waals surface area contributed by atoms with Gasteiger partial charge in [0.05, 0.1) is 12.2 Å². The number of rotatable bonds is 5. The third kappa shape index (κ3) is 4.15. The van der Waals surface area contributed by atoms with E-state index in [1.165, 1.54) is 6.07 Å². The molecular weight excluding hydrogens is 281 g/mol. The molecule has 0 aliphatic carbocycles. The minimum absolute atomic E-state index is 0.0496. The first-order chi connectivity index (χ1) is 10.0. The van der Waals surface area contributed by atoms with Gasteiger partial charge >= 0.3 is 6.18 Å². The van der Waals surface area contributed by atoms with Crippen LogP contribution in [0.4, 0.5) is 13.2 Å². The Bertz CT molecular complexity index is 594. The molecule has 5 heteroatoms. The normalized spacial score (nSPS) is 11.2. The second-order valence-electron chi connectivity index (χ2n) is 4.37. The van der Waals surface area contributed by atoms with Crippen LogP contribution in [-0.2, 0) is 12.8 Å². The molecule has 2 aromatic rings. The molecule has 0 aliphatic rings. The minimum Gasteiger partial charge on any atom is -0.490 e. The van der Waals surface area contributed by atoms with Crippen molar-refractivity contribution in [1.29, 1.82) is 0 Å². The van der Waals surface area contributed by atoms with E-state index in [0.29, 0.717) is 23.7 Å². The van der Waals surface area contributed by atoms with Gasteiger partial charge < -0.3 is 9.47 Å². The molecule has 0 radical (unpaired) electrons. The monoisotopic (exact) mass is 296 g/mol. The molecule has 0 N–H and O–H groups in total. The van der Waals surface area contributed by atoms with Gasteiger partial charge in [0.1, 0.15) is 6.61 Å². The SMILES string of the molecule is CCOc1ccccc1OCc1cccc(C(F)(F)F)c1. The summed E-state index contributed by atoms with van der Waals surface area (Å²) in [6, 6.07) is 12.2. The predicted octanol–water partition coefficient (Wildman–Crippen LogP) is 4.68. The lowest BCUT2D eigenvalue weighted by atomic mass is 10.1. The number of para-hydroxylation sites is 2. The van der Waals surface area contributed by atoms with Gasteiger partial charge in [0.25, 0.3) is 0 Å². The van der Waals surface area contributed by atoms with Crippen LogP contribution in [-0.4, -0.2) is 6.61 Å². The van der Waals surface area contributed by atoms with E-state index in [9.17, 15) is 13.2 Å². The number of hydrogen-bond donors (Lipinski definition) is 0. The average molecular weight is 296 g/mol. The summed E-state index contributed by atoms with van der Waals surface area (Å²) >= 11 is 0. The summed E-state index contributed by atoms with van der Waals surface area (Å²) < 4.78 is 48.9. The first kappa shape index (κ1) is 15.2. The van der Waals surface area contributed by atoms with Crippen LogP contribution in [0, 0.1) is 0 Å². The van der Waals surface area contributed by atoms with Crippen LogP contribution in [0.15, 0.2) is 48.5 Å². The van der Waals surface area contributed by atoms with Gasteiger partial charge in [0, 0.05) is 0 Å². The van der Waals surface area contributed by atoms with Gasteiger partial charge in [-0.05, 0) is 36.8 Å². The number of halogens is 3. The van der Waals surface area contributed by atoms with Crippen molar-refractivity contribution in [2.75, 3.05) is 6.61 Å². The van der Waals surface area contributed by atoms with E-state index < -0.39 is 11.7 Å². The van der Waals surface area contributed by atoms with Gasteiger partial charge in [-0.25, -0.2) is 0 Å². The van der Waals surface area contributed by atoms with E-state index in [2.05, 4.69) is 0 Å². The van der Waals surface area contributed by atoms with E-state index in [-0.39, 0.29) is 6.61 Å². The second kappa shape index (κ2) is 6.52. The first-order valence-electron chi connectivity index (χ1n) is 6.51. The number of ether oxygens (including phenoxy) is 2. The fourth-order valence-electron chi connectivity index (χ4n) is 1.84. The van der Waals surface area contributed by atoms with E-state index >= 15 is 0 Å². The zero-order chi connectivity index (χ0) is 15.3. The first-order valence-corrected chi connectivity index (χ1v) is 6.51. The van der Waals surface area contributed by atoms with Gasteiger partial charge in [0.2, 0.25) is 0 Å². The van der Waals surface area contributed by atoms with Crippen LogP contribution in [0.2, 0.25) is 0 Å². The predicted molar refractivity (Wildman–Crippen MR) is 73.4 cm³/mol. The Hall–Kier alpha value is -2.17. The zero-order valence-electron chi connectivity index (χ0n) is 11.5. The highest BCUT2D eigenvalue weighted by molar-refractivity contribution is 5.39. The van der Waals surface area contributed by atoms with Crippen LogP contribution < -0.4 is 9.47 Å². The molecule has 112 valence electrons. The molecule has 21 heavy (non-hydrogen) atoms. The molecule has 0 aromatic heterocycles. The average Bonchev–Trinajstić information content (AvgIpc) is 2.46. The third-order valence-corrected chi connectivity index (χ3v) is 2.80. The number of hydrogen-bond acceptors (Lipinski definition) is 2. The van der Waals surface area contributed by atoms with Gasteiger partial charge in [0.15, 0.2) is 11.5 Å². The van der Waals surface area contributed by atoms with Crippen LogP contribution in [0.25, 0.3) is 0 Å². The fraction of sp³-hybridized carbons (Fsp3) is 0.250. The van der Waals surface area contributed by atoms with Gasteiger partial charge in [-0.15, -0.1) is 0 Å². The van der Waals surface area contributed by atoms with Crippen LogP contribution in [0.5, 0.6) is 11.5 Å². The van der Waals surface area contributed by atoms with Crippen LogP contribution in [0.3, 0.4) is 0 Å². The highest BCUT2D eigenvalue weighted by Crippen LogP contribution is 2.30. The maximum atomic E-state index is 12.6. The molecular formula is C16H15F3O2. The quantitative estimate of drug-likeness (QED) is 0.797. The Labute approximate surface area is 121 Å². The van der Waals surface area contributed by atoms with Crippen LogP contribution >= 0.6 is 0 Å². The van der Waals surface area contributed by atoms with Crippen molar-refractivity contribution in [2.24, 2.45) is 0 Å². The molecule has 2 nitrogen and oxygen atoms in total. The molecule has 0 heterocycles. The Morgan fingerprint density at radius 3 is 2.19 bits per heavy atom. The Morgan fingerprint density at radius 2 is 1.57 bits per heavy atom. The smallest absolute Gasteiger partial charge is 0.416 e. The molecule has 2 rings (SSSR count). The summed E-state index contributed by atoms with van der Waals surface area (Å²) in [6.07, 6.45) is -4.35. The summed E-state index contributed by atoms with van der Waals surface area (Å²) in [5, 5.41) is 0. The maximum absolute atomic E-state index is 12.6. The van der Waals surface area contributed by atoms with Crippen molar-refractivity contribution in [3.05, 3.63) is 59.7 Å². The van der Waals surface area contributed by atoms with Gasteiger partial charge in [-0.2, -0.15) is 13.2 Å². The van der Waals surface area contributed by atoms with E-state index in [1.54, 1.807) is 24.3 Å². The van der Waals surface area contributed by atoms with E-state index in [4.69, 9.17) is 9.47 Å². The van der Waals surface area contributed by atoms with Crippen molar-refractivity contribution in [3.8, 4) is 11.5 Å². The molecule has 0 amide bonds. The summed E-state index contributed by atoms with van der Waals surface area (Å²) in [7, 11) is 0. The second-order valence-corrected chi connectivity index (χ2v) is 4.37. The van der Waals surface area contributed by atoms with E-state index in [1.807, 2.05) is 13.0 Å².